The Morgan fingerprint density at radius 2 is 1.91 bits per heavy atom. The van der Waals surface area contributed by atoms with E-state index in [4.69, 9.17) is 0 Å². The van der Waals surface area contributed by atoms with Gasteiger partial charge in [-0.15, -0.1) is 10.2 Å². The molecule has 7 heteroatoms. The van der Waals surface area contributed by atoms with Gasteiger partial charge in [-0.05, 0) is 24.3 Å². The van der Waals surface area contributed by atoms with Crippen molar-refractivity contribution in [3.8, 4) is 22.0 Å². The number of benzene rings is 2. The molecule has 0 atom stereocenters. The van der Waals surface area contributed by atoms with Crippen LogP contribution in [0.5, 0.6) is 0 Å². The van der Waals surface area contributed by atoms with Gasteiger partial charge in [0.15, 0.2) is 5.82 Å². The molecule has 0 unspecified atom stereocenters. The fourth-order valence-corrected chi connectivity index (χ4v) is 3.46. The Kier molecular flexibility index (Phi) is 3.24. The Labute approximate surface area is 137 Å². The number of rotatable bonds is 2. The molecule has 0 fully saturated rings. The summed E-state index contributed by atoms with van der Waals surface area (Å²) in [6.45, 7) is 0. The second-order valence-corrected chi connectivity index (χ2v) is 6.43. The first kappa shape index (κ1) is 13.5. The number of fused-ring (bicyclic) bond motifs is 1. The summed E-state index contributed by atoms with van der Waals surface area (Å²) in [5.74, 6) is 0.371. The van der Waals surface area contributed by atoms with Crippen LogP contribution in [0.2, 0.25) is 0 Å². The lowest BCUT2D eigenvalue weighted by molar-refractivity contribution is 0.628. The zero-order chi connectivity index (χ0) is 15.1. The first-order valence-corrected chi connectivity index (χ1v) is 8.06. The second kappa shape index (κ2) is 5.26. The van der Waals surface area contributed by atoms with Crippen molar-refractivity contribution in [2.75, 3.05) is 0 Å². The van der Waals surface area contributed by atoms with E-state index in [2.05, 4.69) is 31.2 Å². The van der Waals surface area contributed by atoms with E-state index in [0.717, 1.165) is 15.6 Å². The van der Waals surface area contributed by atoms with Crippen molar-refractivity contribution < 1.29 is 4.39 Å². The molecule has 2 aromatic heterocycles. The molecule has 0 saturated heterocycles. The van der Waals surface area contributed by atoms with Crippen LogP contribution in [0.25, 0.3) is 26.9 Å². The minimum atomic E-state index is -0.283. The molecule has 0 aliphatic rings. The lowest BCUT2D eigenvalue weighted by Gasteiger charge is -1.99. The maximum absolute atomic E-state index is 13.4. The molecule has 0 N–H and O–H groups in total. The highest BCUT2D eigenvalue weighted by Crippen LogP contribution is 2.31. The van der Waals surface area contributed by atoms with Gasteiger partial charge < -0.3 is 0 Å². The van der Waals surface area contributed by atoms with Crippen LogP contribution in [-0.4, -0.2) is 19.8 Å². The number of halogens is 2. The summed E-state index contributed by atoms with van der Waals surface area (Å²) in [5, 5.41) is 13.6. The Balaban J connectivity index is 1.88. The average Bonchev–Trinajstić information content (AvgIpc) is 3.08. The summed E-state index contributed by atoms with van der Waals surface area (Å²) in [4.78, 5) is 0.671. The smallest absolute Gasteiger partial charge is 0.207 e. The molecule has 0 saturated carbocycles. The molecular formula is C15H8BrFN4S. The summed E-state index contributed by atoms with van der Waals surface area (Å²) in [6.07, 6.45) is 0. The molecule has 0 aliphatic heterocycles. The maximum Gasteiger partial charge on any atom is 0.235 e. The van der Waals surface area contributed by atoms with Crippen LogP contribution in [0.15, 0.2) is 53.0 Å². The van der Waals surface area contributed by atoms with Gasteiger partial charge >= 0.3 is 0 Å². The SMILES string of the molecule is Fc1cccc(-c2nn3c(-c4ccccc4Br)nnc3s2)c1. The van der Waals surface area contributed by atoms with E-state index in [9.17, 15) is 4.39 Å². The van der Waals surface area contributed by atoms with E-state index in [0.29, 0.717) is 15.8 Å². The zero-order valence-corrected chi connectivity index (χ0v) is 13.5. The Bertz CT molecular complexity index is 979. The fourth-order valence-electron chi connectivity index (χ4n) is 2.17. The summed E-state index contributed by atoms with van der Waals surface area (Å²) in [7, 11) is 0. The Hall–Kier alpha value is -2.12. The molecule has 0 amide bonds. The Morgan fingerprint density at radius 3 is 2.73 bits per heavy atom. The first-order valence-electron chi connectivity index (χ1n) is 6.45. The van der Waals surface area contributed by atoms with E-state index in [1.165, 1.54) is 23.5 Å². The first-order chi connectivity index (χ1) is 10.7. The number of aromatic nitrogens is 4. The zero-order valence-electron chi connectivity index (χ0n) is 11.1. The normalized spacial score (nSPS) is 11.2. The van der Waals surface area contributed by atoms with Crippen molar-refractivity contribution in [2.24, 2.45) is 0 Å². The van der Waals surface area contributed by atoms with Crippen molar-refractivity contribution in [2.45, 2.75) is 0 Å². The van der Waals surface area contributed by atoms with Gasteiger partial charge in [-0.25, -0.2) is 4.39 Å². The maximum atomic E-state index is 13.4. The van der Waals surface area contributed by atoms with E-state index in [-0.39, 0.29) is 5.82 Å². The molecule has 0 radical (unpaired) electrons. The van der Waals surface area contributed by atoms with Gasteiger partial charge in [0.05, 0.1) is 0 Å². The molecule has 2 heterocycles. The average molecular weight is 375 g/mol. The van der Waals surface area contributed by atoms with Gasteiger partial charge in [0.2, 0.25) is 4.96 Å². The summed E-state index contributed by atoms with van der Waals surface area (Å²) < 4.78 is 16.0. The fraction of sp³-hybridized carbons (Fsp3) is 0. The Morgan fingerprint density at radius 1 is 1.05 bits per heavy atom. The van der Waals surface area contributed by atoms with Crippen molar-refractivity contribution in [1.29, 1.82) is 0 Å². The van der Waals surface area contributed by atoms with Crippen molar-refractivity contribution >= 4 is 32.2 Å². The molecule has 4 rings (SSSR count). The van der Waals surface area contributed by atoms with Crippen molar-refractivity contribution in [3.05, 3.63) is 58.8 Å². The van der Waals surface area contributed by atoms with Crippen LogP contribution in [-0.2, 0) is 0 Å². The number of hydrogen-bond acceptors (Lipinski definition) is 4. The number of hydrogen-bond donors (Lipinski definition) is 0. The van der Waals surface area contributed by atoms with E-state index in [1.807, 2.05) is 30.3 Å². The molecule has 2 aromatic carbocycles. The lowest BCUT2D eigenvalue weighted by atomic mass is 10.2. The van der Waals surface area contributed by atoms with Gasteiger partial charge in [-0.3, -0.25) is 0 Å². The third-order valence-electron chi connectivity index (χ3n) is 3.18. The summed E-state index contributed by atoms with van der Waals surface area (Å²) >= 11 is 4.89. The minimum absolute atomic E-state index is 0.283. The van der Waals surface area contributed by atoms with Gasteiger partial charge in [-0.2, -0.15) is 9.61 Å². The van der Waals surface area contributed by atoms with Crippen LogP contribution in [0.4, 0.5) is 4.39 Å². The molecular weight excluding hydrogens is 367 g/mol. The highest BCUT2D eigenvalue weighted by Gasteiger charge is 2.16. The molecule has 0 spiro atoms. The van der Waals surface area contributed by atoms with Crippen LogP contribution >= 0.6 is 27.3 Å². The largest absolute Gasteiger partial charge is 0.235 e. The van der Waals surface area contributed by atoms with E-state index in [1.54, 1.807) is 10.6 Å². The standard InChI is InChI=1S/C15H8BrFN4S/c16-12-7-2-1-6-11(12)13-18-19-15-21(13)20-14(22-15)9-4-3-5-10(17)8-9/h1-8H. The van der Waals surface area contributed by atoms with Gasteiger partial charge in [-0.1, -0.05) is 51.5 Å². The lowest BCUT2D eigenvalue weighted by Crippen LogP contribution is -1.91. The molecule has 22 heavy (non-hydrogen) atoms. The van der Waals surface area contributed by atoms with Crippen molar-refractivity contribution in [3.63, 3.8) is 0 Å². The number of nitrogens with zero attached hydrogens (tertiary/aromatic N) is 4. The van der Waals surface area contributed by atoms with Crippen LogP contribution in [0.3, 0.4) is 0 Å². The van der Waals surface area contributed by atoms with Crippen LogP contribution < -0.4 is 0 Å². The predicted molar refractivity (Wildman–Crippen MR) is 87.2 cm³/mol. The second-order valence-electron chi connectivity index (χ2n) is 4.62. The quantitative estimate of drug-likeness (QED) is 0.521. The van der Waals surface area contributed by atoms with Gasteiger partial charge in [0, 0.05) is 15.6 Å². The molecule has 4 aromatic rings. The topological polar surface area (TPSA) is 43.1 Å². The van der Waals surface area contributed by atoms with Crippen LogP contribution in [0.1, 0.15) is 0 Å². The van der Waals surface area contributed by atoms with Gasteiger partial charge in [0.25, 0.3) is 0 Å². The molecule has 108 valence electrons. The molecule has 0 bridgehead atoms. The third-order valence-corrected chi connectivity index (χ3v) is 4.82. The highest BCUT2D eigenvalue weighted by molar-refractivity contribution is 9.10. The van der Waals surface area contributed by atoms with Crippen molar-refractivity contribution in [1.82, 2.24) is 19.8 Å². The summed E-state index contributed by atoms with van der Waals surface area (Å²) in [5.41, 5.74) is 1.64. The predicted octanol–water partition coefficient (Wildman–Crippen LogP) is 4.42. The third kappa shape index (κ3) is 2.22. The van der Waals surface area contributed by atoms with Gasteiger partial charge in [0.1, 0.15) is 10.8 Å². The van der Waals surface area contributed by atoms with E-state index < -0.39 is 0 Å². The monoisotopic (exact) mass is 374 g/mol. The van der Waals surface area contributed by atoms with Crippen LogP contribution in [0, 0.1) is 5.82 Å². The molecule has 0 aliphatic carbocycles. The van der Waals surface area contributed by atoms with E-state index >= 15 is 0 Å². The summed E-state index contributed by atoms with van der Waals surface area (Å²) in [6, 6.07) is 14.1. The minimum Gasteiger partial charge on any atom is -0.207 e. The highest BCUT2D eigenvalue weighted by atomic mass is 79.9. The molecule has 4 nitrogen and oxygen atoms in total.